The average molecular weight is 475 g/mol. The molecule has 0 unspecified atom stereocenters. The molecular formula is C24H30N2O6S. The fraction of sp³-hybridized carbons (Fsp3) is 0.417. The Kier molecular flexibility index (Phi) is 8.46. The number of rotatable bonds is 9. The molecule has 3 rings (SSSR count). The molecule has 178 valence electrons. The Morgan fingerprint density at radius 1 is 1.00 bits per heavy atom. The van der Waals surface area contributed by atoms with Crippen LogP contribution in [0.5, 0.6) is 5.75 Å². The minimum Gasteiger partial charge on any atom is -0.495 e. The van der Waals surface area contributed by atoms with Gasteiger partial charge in [0.05, 0.1) is 19.3 Å². The second kappa shape index (κ2) is 11.3. The summed E-state index contributed by atoms with van der Waals surface area (Å²) in [7, 11) is -2.38. The molecule has 0 bridgehead atoms. The average Bonchev–Trinajstić information content (AvgIpc) is 2.84. The van der Waals surface area contributed by atoms with Crippen molar-refractivity contribution in [2.45, 2.75) is 43.9 Å². The number of anilines is 1. The molecule has 1 aliphatic rings. The highest BCUT2D eigenvalue weighted by molar-refractivity contribution is 7.89. The molecule has 1 amide bonds. The molecule has 1 aliphatic heterocycles. The number of benzene rings is 2. The maximum absolute atomic E-state index is 13.2. The molecule has 2 aromatic rings. The van der Waals surface area contributed by atoms with Gasteiger partial charge in [0, 0.05) is 24.3 Å². The molecule has 0 radical (unpaired) electrons. The van der Waals surface area contributed by atoms with Crippen molar-refractivity contribution in [1.29, 1.82) is 0 Å². The normalized spacial score (nSPS) is 14.5. The molecule has 9 heteroatoms. The summed E-state index contributed by atoms with van der Waals surface area (Å²) in [5.41, 5.74) is 1.05. The largest absolute Gasteiger partial charge is 0.495 e. The Morgan fingerprint density at radius 2 is 1.67 bits per heavy atom. The van der Waals surface area contributed by atoms with Gasteiger partial charge in [0.15, 0.2) is 0 Å². The number of unbranched alkanes of at least 4 members (excludes halogenated alkanes) is 1. The molecule has 1 heterocycles. The van der Waals surface area contributed by atoms with Crippen LogP contribution in [0.4, 0.5) is 5.69 Å². The van der Waals surface area contributed by atoms with Crippen molar-refractivity contribution in [3.8, 4) is 5.75 Å². The van der Waals surface area contributed by atoms with Gasteiger partial charge in [-0.25, -0.2) is 13.2 Å². The van der Waals surface area contributed by atoms with Crippen LogP contribution in [0.25, 0.3) is 0 Å². The van der Waals surface area contributed by atoms with Crippen molar-refractivity contribution in [2.75, 3.05) is 32.1 Å². The van der Waals surface area contributed by atoms with E-state index in [-0.39, 0.29) is 16.2 Å². The van der Waals surface area contributed by atoms with Crippen LogP contribution < -0.4 is 10.1 Å². The summed E-state index contributed by atoms with van der Waals surface area (Å²) in [6.45, 7) is 3.29. The zero-order valence-corrected chi connectivity index (χ0v) is 19.8. The van der Waals surface area contributed by atoms with Crippen molar-refractivity contribution >= 4 is 27.6 Å². The minimum atomic E-state index is -3.78. The van der Waals surface area contributed by atoms with Gasteiger partial charge < -0.3 is 14.8 Å². The molecule has 1 N–H and O–H groups in total. The summed E-state index contributed by atoms with van der Waals surface area (Å²) < 4.78 is 38.2. The van der Waals surface area contributed by atoms with Crippen LogP contribution in [0.1, 0.15) is 59.7 Å². The number of nitrogens with zero attached hydrogens (tertiary/aromatic N) is 1. The van der Waals surface area contributed by atoms with E-state index in [9.17, 15) is 18.0 Å². The first-order chi connectivity index (χ1) is 15.9. The number of ether oxygens (including phenoxy) is 2. The molecular weight excluding hydrogens is 444 g/mol. The number of sulfonamides is 1. The van der Waals surface area contributed by atoms with Crippen molar-refractivity contribution in [3.63, 3.8) is 0 Å². The fourth-order valence-corrected chi connectivity index (χ4v) is 5.25. The molecule has 0 atom stereocenters. The van der Waals surface area contributed by atoms with Gasteiger partial charge >= 0.3 is 5.97 Å². The molecule has 2 aromatic carbocycles. The van der Waals surface area contributed by atoms with E-state index in [1.807, 2.05) is 6.92 Å². The highest BCUT2D eigenvalue weighted by Crippen LogP contribution is 2.30. The van der Waals surface area contributed by atoms with Gasteiger partial charge in [0.25, 0.3) is 5.91 Å². The summed E-state index contributed by atoms with van der Waals surface area (Å²) in [5.74, 6) is -0.682. The number of hydrogen-bond acceptors (Lipinski definition) is 6. The van der Waals surface area contributed by atoms with Crippen LogP contribution in [0.3, 0.4) is 0 Å². The second-order valence-electron chi connectivity index (χ2n) is 7.85. The number of carbonyl (C=O) groups is 2. The Labute approximate surface area is 194 Å². The highest BCUT2D eigenvalue weighted by atomic mass is 32.2. The van der Waals surface area contributed by atoms with Gasteiger partial charge in [-0.2, -0.15) is 4.31 Å². The van der Waals surface area contributed by atoms with Gasteiger partial charge in [-0.05, 0) is 61.7 Å². The van der Waals surface area contributed by atoms with E-state index < -0.39 is 21.9 Å². The first-order valence-corrected chi connectivity index (χ1v) is 12.6. The number of esters is 1. The Bertz CT molecular complexity index is 1080. The molecule has 8 nitrogen and oxygen atoms in total. The van der Waals surface area contributed by atoms with Crippen LogP contribution in [0.2, 0.25) is 0 Å². The number of piperidine rings is 1. The molecule has 0 aromatic heterocycles. The monoisotopic (exact) mass is 474 g/mol. The standard InChI is InChI=1S/C24H30N2O6S/c1-3-4-16-32-24(28)18-8-11-20(12-9-18)25-23(27)19-10-13-21(31-2)22(17-19)33(29,30)26-14-6-5-7-15-26/h8-13,17H,3-7,14-16H2,1-2H3,(H,25,27). The third-order valence-corrected chi connectivity index (χ3v) is 7.39. The lowest BCUT2D eigenvalue weighted by Crippen LogP contribution is -2.35. The maximum Gasteiger partial charge on any atom is 0.338 e. The lowest BCUT2D eigenvalue weighted by molar-refractivity contribution is 0.0499. The molecule has 33 heavy (non-hydrogen) atoms. The summed E-state index contributed by atoms with van der Waals surface area (Å²) in [6.07, 6.45) is 4.36. The summed E-state index contributed by atoms with van der Waals surface area (Å²) in [6, 6.07) is 10.7. The Morgan fingerprint density at radius 3 is 2.30 bits per heavy atom. The van der Waals surface area contributed by atoms with Gasteiger partial charge in [-0.15, -0.1) is 0 Å². The number of hydrogen-bond donors (Lipinski definition) is 1. The van der Waals surface area contributed by atoms with Gasteiger partial charge in [-0.1, -0.05) is 19.8 Å². The smallest absolute Gasteiger partial charge is 0.338 e. The summed E-state index contributed by atoms with van der Waals surface area (Å²) in [4.78, 5) is 24.8. The van der Waals surface area contributed by atoms with E-state index in [1.54, 1.807) is 24.3 Å². The number of amides is 1. The van der Waals surface area contributed by atoms with E-state index in [2.05, 4.69) is 5.32 Å². The van der Waals surface area contributed by atoms with Crippen molar-refractivity contribution in [1.82, 2.24) is 4.31 Å². The van der Waals surface area contributed by atoms with Gasteiger partial charge in [-0.3, -0.25) is 4.79 Å². The van der Waals surface area contributed by atoms with Crippen molar-refractivity contribution < 1.29 is 27.5 Å². The van der Waals surface area contributed by atoms with E-state index in [0.717, 1.165) is 32.1 Å². The van der Waals surface area contributed by atoms with Crippen LogP contribution in [-0.2, 0) is 14.8 Å². The third kappa shape index (κ3) is 6.11. The van der Waals surface area contributed by atoms with Gasteiger partial charge in [0.2, 0.25) is 10.0 Å². The molecule has 0 spiro atoms. The molecule has 0 saturated carbocycles. The zero-order valence-electron chi connectivity index (χ0n) is 19.0. The quantitative estimate of drug-likeness (QED) is 0.434. The van der Waals surface area contributed by atoms with E-state index in [1.165, 1.54) is 29.6 Å². The number of nitrogens with one attached hydrogen (secondary N) is 1. The van der Waals surface area contributed by atoms with Crippen molar-refractivity contribution in [2.24, 2.45) is 0 Å². The van der Waals surface area contributed by atoms with Crippen LogP contribution >= 0.6 is 0 Å². The lowest BCUT2D eigenvalue weighted by atomic mass is 10.1. The predicted octanol–water partition coefficient (Wildman–Crippen LogP) is 4.08. The summed E-state index contributed by atoms with van der Waals surface area (Å²) >= 11 is 0. The lowest BCUT2D eigenvalue weighted by Gasteiger charge is -2.26. The van der Waals surface area contributed by atoms with Crippen LogP contribution in [-0.4, -0.2) is 51.4 Å². The fourth-order valence-electron chi connectivity index (χ4n) is 3.55. The highest BCUT2D eigenvalue weighted by Gasteiger charge is 2.29. The molecule has 0 aliphatic carbocycles. The SMILES string of the molecule is CCCCOC(=O)c1ccc(NC(=O)c2ccc(OC)c(S(=O)(=O)N3CCCCC3)c2)cc1. The number of methoxy groups -OCH3 is 1. The third-order valence-electron chi connectivity index (χ3n) is 5.47. The van der Waals surface area contributed by atoms with E-state index >= 15 is 0 Å². The van der Waals surface area contributed by atoms with Gasteiger partial charge in [0.1, 0.15) is 10.6 Å². The summed E-state index contributed by atoms with van der Waals surface area (Å²) in [5, 5.41) is 2.73. The predicted molar refractivity (Wildman–Crippen MR) is 125 cm³/mol. The van der Waals surface area contributed by atoms with E-state index in [4.69, 9.17) is 9.47 Å². The van der Waals surface area contributed by atoms with E-state index in [0.29, 0.717) is 30.9 Å². The Balaban J connectivity index is 1.75. The molecule has 1 fully saturated rings. The second-order valence-corrected chi connectivity index (χ2v) is 9.76. The topological polar surface area (TPSA) is 102 Å². The first-order valence-electron chi connectivity index (χ1n) is 11.1. The minimum absolute atomic E-state index is 0.0234. The maximum atomic E-state index is 13.2. The van der Waals surface area contributed by atoms with Crippen LogP contribution in [0.15, 0.2) is 47.4 Å². The van der Waals surface area contributed by atoms with Crippen LogP contribution in [0, 0.1) is 0 Å². The number of carbonyl (C=O) groups excluding carboxylic acids is 2. The zero-order chi connectivity index (χ0) is 23.8. The molecule has 1 saturated heterocycles. The first kappa shape index (κ1) is 24.7. The van der Waals surface area contributed by atoms with Crippen molar-refractivity contribution in [3.05, 3.63) is 53.6 Å². The Hall–Kier alpha value is -2.91.